The molecule has 0 aromatic carbocycles. The van der Waals surface area contributed by atoms with E-state index in [1.807, 2.05) is 13.8 Å². The van der Waals surface area contributed by atoms with Crippen LogP contribution in [0, 0.1) is 0 Å². The molecule has 0 aliphatic carbocycles. The highest BCUT2D eigenvalue weighted by Crippen LogP contribution is 2.55. The molecule has 5 heteroatoms. The molecule has 0 aliphatic heterocycles. The monoisotopic (exact) mass is 242 g/mol. The second-order valence-corrected chi connectivity index (χ2v) is 8.31. The minimum atomic E-state index is -2.31. The van der Waals surface area contributed by atoms with E-state index >= 15 is 0 Å². The molecule has 0 aromatic rings. The first-order valence-corrected chi connectivity index (χ1v) is 8.40. The van der Waals surface area contributed by atoms with Crippen LogP contribution in [0.15, 0.2) is 0 Å². The zero-order chi connectivity index (χ0) is 10.5. The second kappa shape index (κ2) is 6.41. The molecule has 13 heavy (non-hydrogen) atoms. The van der Waals surface area contributed by atoms with E-state index in [1.54, 1.807) is 0 Å². The third-order valence-corrected chi connectivity index (χ3v) is 4.11. The van der Waals surface area contributed by atoms with E-state index in [1.165, 1.54) is 0 Å². The fraction of sp³-hybridized carbons (Fsp3) is 1.00. The summed E-state index contributed by atoms with van der Waals surface area (Å²) in [6.45, 7) is 8.07. The van der Waals surface area contributed by atoms with Gasteiger partial charge >= 0.3 is 0 Å². The zero-order valence-corrected chi connectivity index (χ0v) is 11.3. The lowest BCUT2D eigenvalue weighted by atomic mass is 10.3. The van der Waals surface area contributed by atoms with E-state index in [0.29, 0.717) is 0 Å². The van der Waals surface area contributed by atoms with Gasteiger partial charge in [0.1, 0.15) is 0 Å². The topological polar surface area (TPSA) is 18.5 Å². The van der Waals surface area contributed by atoms with Gasteiger partial charge in [-0.15, -0.1) is 0 Å². The van der Waals surface area contributed by atoms with Crippen molar-refractivity contribution in [3.63, 3.8) is 0 Å². The van der Waals surface area contributed by atoms with Crippen LogP contribution in [0.5, 0.6) is 0 Å². The summed E-state index contributed by atoms with van der Waals surface area (Å²) >= 11 is 9.41. The van der Waals surface area contributed by atoms with Crippen LogP contribution in [-0.4, -0.2) is 12.2 Å². The Balaban J connectivity index is 4.00. The summed E-state index contributed by atoms with van der Waals surface area (Å²) in [4.78, 5) is 0. The maximum atomic E-state index is 5.53. The molecule has 0 saturated carbocycles. The van der Waals surface area contributed by atoms with Gasteiger partial charge in [0.15, 0.2) is 0 Å². The van der Waals surface area contributed by atoms with Gasteiger partial charge in [-0.1, -0.05) is 26.1 Å². The Kier molecular flexibility index (Phi) is 6.87. The van der Waals surface area contributed by atoms with Gasteiger partial charge in [0.2, 0.25) is 5.69 Å². The molecule has 0 saturated heterocycles. The van der Waals surface area contributed by atoms with E-state index in [0.717, 1.165) is 12.8 Å². The van der Waals surface area contributed by atoms with Crippen molar-refractivity contribution >= 4 is 29.7 Å². The number of thiol groups is 1. The Bertz CT molecular complexity index is 171. The largest absolute Gasteiger partial charge is 0.319 e. The van der Waals surface area contributed by atoms with Crippen molar-refractivity contribution in [1.29, 1.82) is 0 Å². The Morgan fingerprint density at radius 3 is 1.69 bits per heavy atom. The molecule has 2 unspecified atom stereocenters. The Morgan fingerprint density at radius 2 is 1.46 bits per heavy atom. The Hall–Kier alpha value is 0.920. The molecule has 2 atom stereocenters. The van der Waals surface area contributed by atoms with Gasteiger partial charge in [0, 0.05) is 0 Å². The summed E-state index contributed by atoms with van der Waals surface area (Å²) in [6.07, 6.45) is 2.13. The van der Waals surface area contributed by atoms with Crippen molar-refractivity contribution in [3.8, 4) is 0 Å². The maximum Gasteiger partial charge on any atom is 0.244 e. The molecule has 0 rings (SSSR count). The summed E-state index contributed by atoms with van der Waals surface area (Å²) in [5.41, 5.74) is -2.31. The van der Waals surface area contributed by atoms with Crippen molar-refractivity contribution in [1.82, 2.24) is 0 Å². The maximum absolute atomic E-state index is 5.53. The van der Waals surface area contributed by atoms with Gasteiger partial charge in [-0.3, -0.25) is 0 Å². The summed E-state index contributed by atoms with van der Waals surface area (Å²) in [7, 11) is 0. The van der Waals surface area contributed by atoms with E-state index in [9.17, 15) is 0 Å². The Labute approximate surface area is 91.7 Å². The molecule has 0 N–H and O–H groups in total. The minimum absolute atomic E-state index is 0.132. The summed E-state index contributed by atoms with van der Waals surface area (Å²) in [5, 5.41) is 0. The predicted octanol–water partition coefficient (Wildman–Crippen LogP) is 3.77. The molecular weight excluding hydrogens is 223 g/mol. The molecule has 2 nitrogen and oxygen atoms in total. The van der Waals surface area contributed by atoms with Crippen LogP contribution in [0.1, 0.15) is 40.5 Å². The molecule has 0 heterocycles. The summed E-state index contributed by atoms with van der Waals surface area (Å²) in [5.74, 6) is 0. The molecule has 0 amide bonds. The number of hydrogen-bond acceptors (Lipinski definition) is 3. The quantitative estimate of drug-likeness (QED) is 0.565. The van der Waals surface area contributed by atoms with Crippen LogP contribution in [-0.2, 0) is 20.9 Å². The fourth-order valence-electron chi connectivity index (χ4n) is 0.629. The summed E-state index contributed by atoms with van der Waals surface area (Å²) in [6, 6.07) is 0. The lowest BCUT2D eigenvalue weighted by molar-refractivity contribution is 0.163. The van der Waals surface area contributed by atoms with Crippen LogP contribution in [0.3, 0.4) is 0 Å². The molecular formula is C8H19O2PS2. The third-order valence-electron chi connectivity index (χ3n) is 1.78. The summed E-state index contributed by atoms with van der Waals surface area (Å²) < 4.78 is 11.1. The third kappa shape index (κ3) is 6.92. The number of hydrogen-bond donors (Lipinski definition) is 1. The van der Waals surface area contributed by atoms with Crippen molar-refractivity contribution in [2.45, 2.75) is 52.7 Å². The molecule has 0 bridgehead atoms. The van der Waals surface area contributed by atoms with E-state index in [2.05, 4.69) is 26.1 Å². The highest BCUT2D eigenvalue weighted by atomic mass is 32.9. The molecule has 0 radical (unpaired) electrons. The van der Waals surface area contributed by atoms with Crippen LogP contribution in [0.25, 0.3) is 0 Å². The number of rotatable bonds is 6. The lowest BCUT2D eigenvalue weighted by Crippen LogP contribution is -2.08. The van der Waals surface area contributed by atoms with Crippen molar-refractivity contribution in [3.05, 3.63) is 0 Å². The Morgan fingerprint density at radius 1 is 1.15 bits per heavy atom. The van der Waals surface area contributed by atoms with Gasteiger partial charge in [-0.2, -0.15) is 0 Å². The smallest absolute Gasteiger partial charge is 0.244 e. The van der Waals surface area contributed by atoms with Crippen LogP contribution in [0.4, 0.5) is 0 Å². The van der Waals surface area contributed by atoms with Crippen molar-refractivity contribution < 1.29 is 9.05 Å². The first kappa shape index (κ1) is 13.9. The van der Waals surface area contributed by atoms with Crippen molar-refractivity contribution in [2.75, 3.05) is 0 Å². The first-order valence-electron chi connectivity index (χ1n) is 4.60. The molecule has 0 aromatic heterocycles. The highest BCUT2D eigenvalue weighted by molar-refractivity contribution is 8.60. The van der Waals surface area contributed by atoms with E-state index in [4.69, 9.17) is 20.9 Å². The molecule has 0 spiro atoms. The van der Waals surface area contributed by atoms with Gasteiger partial charge < -0.3 is 9.05 Å². The van der Waals surface area contributed by atoms with Gasteiger partial charge in [0.05, 0.1) is 12.2 Å². The lowest BCUT2D eigenvalue weighted by Gasteiger charge is -2.23. The van der Waals surface area contributed by atoms with E-state index < -0.39 is 5.69 Å². The first-order chi connectivity index (χ1) is 5.91. The van der Waals surface area contributed by atoms with Crippen LogP contribution in [0.2, 0.25) is 0 Å². The van der Waals surface area contributed by atoms with Gasteiger partial charge in [-0.05, 0) is 38.5 Å². The second-order valence-electron chi connectivity index (χ2n) is 3.12. The SMILES string of the molecule is CCC(C)OP(=S)(S)OC(C)CC. The average molecular weight is 242 g/mol. The highest BCUT2D eigenvalue weighted by Gasteiger charge is 2.18. The molecule has 80 valence electrons. The van der Waals surface area contributed by atoms with E-state index in [-0.39, 0.29) is 12.2 Å². The minimum Gasteiger partial charge on any atom is -0.319 e. The standard InChI is InChI=1S/C8H19O2PS2/c1-5-7(3)9-11(12,13)10-8(4)6-2/h7-8H,5-6H2,1-4H3,(H,12,13). The fourth-order valence-corrected chi connectivity index (χ4v) is 3.73. The van der Waals surface area contributed by atoms with Gasteiger partial charge in [-0.25, -0.2) is 0 Å². The predicted molar refractivity (Wildman–Crippen MR) is 64.9 cm³/mol. The zero-order valence-electron chi connectivity index (χ0n) is 8.69. The van der Waals surface area contributed by atoms with Gasteiger partial charge in [0.25, 0.3) is 0 Å². The molecule has 0 aliphatic rings. The normalized spacial score (nSPS) is 20.7. The van der Waals surface area contributed by atoms with Crippen LogP contribution < -0.4 is 0 Å². The average Bonchev–Trinajstić information content (AvgIpc) is 2.02. The van der Waals surface area contributed by atoms with Crippen LogP contribution >= 0.6 is 17.9 Å². The van der Waals surface area contributed by atoms with Crippen molar-refractivity contribution in [2.24, 2.45) is 0 Å². The molecule has 0 fully saturated rings.